The van der Waals surface area contributed by atoms with E-state index in [1.54, 1.807) is 6.07 Å². The van der Waals surface area contributed by atoms with Gasteiger partial charge >= 0.3 is 0 Å². The van der Waals surface area contributed by atoms with Crippen molar-refractivity contribution in [3.05, 3.63) is 69.2 Å². The second-order valence-electron chi connectivity index (χ2n) is 5.44. The molecule has 0 bridgehead atoms. The van der Waals surface area contributed by atoms with Gasteiger partial charge in [-0.3, -0.25) is 0 Å². The van der Waals surface area contributed by atoms with Crippen molar-refractivity contribution >= 4 is 23.2 Å². The average molecular weight is 307 g/mol. The van der Waals surface area contributed by atoms with E-state index in [-0.39, 0.29) is 6.10 Å². The van der Waals surface area contributed by atoms with Crippen molar-refractivity contribution in [1.29, 1.82) is 0 Å². The predicted octanol–water partition coefficient (Wildman–Crippen LogP) is 4.63. The minimum absolute atomic E-state index is 0.342. The summed E-state index contributed by atoms with van der Waals surface area (Å²) < 4.78 is 0. The normalized spacial score (nSPS) is 18.2. The molecule has 3 heteroatoms. The monoisotopic (exact) mass is 306 g/mol. The van der Waals surface area contributed by atoms with E-state index < -0.39 is 0 Å². The molecule has 0 aromatic heterocycles. The van der Waals surface area contributed by atoms with Crippen LogP contribution in [0.3, 0.4) is 0 Å². The molecule has 20 heavy (non-hydrogen) atoms. The van der Waals surface area contributed by atoms with E-state index in [4.69, 9.17) is 23.2 Å². The Kier molecular flexibility index (Phi) is 4.02. The van der Waals surface area contributed by atoms with Gasteiger partial charge in [-0.2, -0.15) is 0 Å². The van der Waals surface area contributed by atoms with Crippen LogP contribution in [0, 0.1) is 0 Å². The first kappa shape index (κ1) is 13.9. The smallest absolute Gasteiger partial charge is 0.0595 e. The van der Waals surface area contributed by atoms with Gasteiger partial charge in [0.1, 0.15) is 0 Å². The first-order chi connectivity index (χ1) is 9.63. The molecular weight excluding hydrogens is 291 g/mol. The van der Waals surface area contributed by atoms with E-state index >= 15 is 0 Å². The molecule has 2 aromatic carbocycles. The lowest BCUT2D eigenvalue weighted by Crippen LogP contribution is -2.23. The first-order valence-corrected chi connectivity index (χ1v) is 7.59. The van der Waals surface area contributed by atoms with Crippen LogP contribution in [0.4, 0.5) is 0 Å². The van der Waals surface area contributed by atoms with Gasteiger partial charge in [0, 0.05) is 0 Å². The van der Waals surface area contributed by atoms with E-state index in [9.17, 15) is 5.11 Å². The number of hydrogen-bond acceptors (Lipinski definition) is 1. The Morgan fingerprint density at radius 3 is 2.65 bits per heavy atom. The summed E-state index contributed by atoms with van der Waals surface area (Å²) >= 11 is 11.9. The Morgan fingerprint density at radius 1 is 1.10 bits per heavy atom. The van der Waals surface area contributed by atoms with Crippen molar-refractivity contribution < 1.29 is 5.11 Å². The van der Waals surface area contributed by atoms with Gasteiger partial charge in [-0.05, 0) is 54.0 Å². The van der Waals surface area contributed by atoms with Gasteiger partial charge in [0.2, 0.25) is 0 Å². The van der Waals surface area contributed by atoms with E-state index in [1.807, 2.05) is 12.1 Å². The summed E-state index contributed by atoms with van der Waals surface area (Å²) in [6.45, 7) is 0. The summed E-state index contributed by atoms with van der Waals surface area (Å²) in [5.41, 5.74) is 3.83. The van der Waals surface area contributed by atoms with E-state index in [0.29, 0.717) is 22.4 Å². The van der Waals surface area contributed by atoms with Crippen LogP contribution in [0.25, 0.3) is 0 Å². The van der Waals surface area contributed by atoms with Crippen molar-refractivity contribution in [3.63, 3.8) is 0 Å². The van der Waals surface area contributed by atoms with Gasteiger partial charge in [0.15, 0.2) is 0 Å². The highest BCUT2D eigenvalue weighted by molar-refractivity contribution is 6.42. The Morgan fingerprint density at radius 2 is 1.90 bits per heavy atom. The highest BCUT2D eigenvalue weighted by atomic mass is 35.5. The summed E-state index contributed by atoms with van der Waals surface area (Å²) in [6.07, 6.45) is 2.16. The minimum Gasteiger partial charge on any atom is -0.393 e. The number of benzene rings is 2. The largest absolute Gasteiger partial charge is 0.393 e. The minimum atomic E-state index is -0.342. The highest BCUT2D eigenvalue weighted by Crippen LogP contribution is 2.38. The molecule has 1 nitrogen and oxygen atoms in total. The van der Waals surface area contributed by atoms with Crippen LogP contribution >= 0.6 is 23.2 Å². The van der Waals surface area contributed by atoms with Crippen LogP contribution in [0.1, 0.15) is 29.0 Å². The molecule has 0 radical (unpaired) electrons. The predicted molar refractivity (Wildman–Crippen MR) is 83.7 cm³/mol. The highest BCUT2D eigenvalue weighted by Gasteiger charge is 2.27. The second kappa shape index (κ2) is 5.77. The summed E-state index contributed by atoms with van der Waals surface area (Å²) in [5, 5.41) is 11.3. The lowest BCUT2D eigenvalue weighted by atomic mass is 9.74. The number of hydrogen-bond donors (Lipinski definition) is 1. The lowest BCUT2D eigenvalue weighted by molar-refractivity contribution is 0.151. The molecule has 0 spiro atoms. The molecule has 104 valence electrons. The molecule has 1 aliphatic carbocycles. The average Bonchev–Trinajstić information content (AvgIpc) is 2.40. The zero-order chi connectivity index (χ0) is 14.1. The van der Waals surface area contributed by atoms with Gasteiger partial charge in [0.05, 0.1) is 16.1 Å². The first-order valence-electron chi connectivity index (χ1n) is 6.83. The van der Waals surface area contributed by atoms with Gasteiger partial charge in [-0.1, -0.05) is 53.5 Å². The molecule has 1 N–H and O–H groups in total. The van der Waals surface area contributed by atoms with Gasteiger partial charge in [-0.25, -0.2) is 0 Å². The molecule has 0 aliphatic heterocycles. The Hall–Kier alpha value is -1.02. The van der Waals surface area contributed by atoms with Crippen molar-refractivity contribution in [3.8, 4) is 0 Å². The van der Waals surface area contributed by atoms with E-state index in [1.165, 1.54) is 11.1 Å². The van der Waals surface area contributed by atoms with Crippen LogP contribution in [-0.2, 0) is 12.8 Å². The summed E-state index contributed by atoms with van der Waals surface area (Å²) in [6, 6.07) is 14.0. The zero-order valence-electron chi connectivity index (χ0n) is 11.0. The third kappa shape index (κ3) is 2.85. The van der Waals surface area contributed by atoms with Crippen LogP contribution in [0.5, 0.6) is 0 Å². The quantitative estimate of drug-likeness (QED) is 0.873. The Labute approximate surface area is 129 Å². The fourth-order valence-electron chi connectivity index (χ4n) is 2.92. The SMILES string of the molecule is OC(Cc1ccc(Cl)c(Cl)c1)CC1Cc2ccccc21. The number of aliphatic hydroxyl groups is 1. The van der Waals surface area contributed by atoms with Crippen LogP contribution < -0.4 is 0 Å². The summed E-state index contributed by atoms with van der Waals surface area (Å²) in [7, 11) is 0. The Bertz CT molecular complexity index is 624. The second-order valence-corrected chi connectivity index (χ2v) is 6.26. The lowest BCUT2D eigenvalue weighted by Gasteiger charge is -2.31. The standard InChI is InChI=1S/C17H16Cl2O/c18-16-6-5-11(8-17(16)19)7-14(20)10-13-9-12-3-1-2-4-15(12)13/h1-6,8,13-14,20H,7,9-10H2. The van der Waals surface area contributed by atoms with E-state index in [0.717, 1.165) is 18.4 Å². The number of rotatable bonds is 4. The molecule has 0 saturated carbocycles. The molecule has 0 saturated heterocycles. The van der Waals surface area contributed by atoms with Gasteiger partial charge < -0.3 is 5.11 Å². The topological polar surface area (TPSA) is 20.2 Å². The van der Waals surface area contributed by atoms with Crippen molar-refractivity contribution in [1.82, 2.24) is 0 Å². The maximum absolute atomic E-state index is 10.2. The van der Waals surface area contributed by atoms with Crippen molar-refractivity contribution in [2.45, 2.75) is 31.3 Å². The molecule has 0 fully saturated rings. The molecule has 2 unspecified atom stereocenters. The van der Waals surface area contributed by atoms with Crippen LogP contribution in [0.2, 0.25) is 10.0 Å². The fourth-order valence-corrected chi connectivity index (χ4v) is 3.24. The number of fused-ring (bicyclic) bond motifs is 1. The maximum Gasteiger partial charge on any atom is 0.0595 e. The molecule has 0 amide bonds. The maximum atomic E-state index is 10.2. The Balaban J connectivity index is 1.61. The summed E-state index contributed by atoms with van der Waals surface area (Å²) in [5.74, 6) is 0.490. The molecule has 1 aliphatic rings. The molecule has 2 aromatic rings. The summed E-state index contributed by atoms with van der Waals surface area (Å²) in [4.78, 5) is 0. The zero-order valence-corrected chi connectivity index (χ0v) is 12.5. The third-order valence-corrected chi connectivity index (χ3v) is 4.71. The molecule has 2 atom stereocenters. The van der Waals surface area contributed by atoms with E-state index in [2.05, 4.69) is 24.3 Å². The number of halogens is 2. The van der Waals surface area contributed by atoms with Crippen LogP contribution in [0.15, 0.2) is 42.5 Å². The molecular formula is C17H16Cl2O. The van der Waals surface area contributed by atoms with Crippen LogP contribution in [-0.4, -0.2) is 11.2 Å². The molecule has 3 rings (SSSR count). The van der Waals surface area contributed by atoms with Crippen molar-refractivity contribution in [2.75, 3.05) is 0 Å². The fraction of sp³-hybridized carbons (Fsp3) is 0.294. The van der Waals surface area contributed by atoms with Gasteiger partial charge in [0.25, 0.3) is 0 Å². The molecule has 0 heterocycles. The third-order valence-electron chi connectivity index (χ3n) is 3.97. The van der Waals surface area contributed by atoms with Crippen molar-refractivity contribution in [2.24, 2.45) is 0 Å². The van der Waals surface area contributed by atoms with Gasteiger partial charge in [-0.15, -0.1) is 0 Å². The number of aliphatic hydroxyl groups excluding tert-OH is 1.